The predicted molar refractivity (Wildman–Crippen MR) is 66.2 cm³/mol. The Kier molecular flexibility index (Phi) is 3.14. The largest absolute Gasteiger partial charge is 0.436 e. The van der Waals surface area contributed by atoms with Gasteiger partial charge in [-0.1, -0.05) is 0 Å². The molecule has 0 unspecified atom stereocenters. The van der Waals surface area contributed by atoms with Gasteiger partial charge in [-0.05, 0) is 0 Å². The molecule has 0 atom stereocenters. The number of ether oxygens (including phenoxy) is 1. The van der Waals surface area contributed by atoms with Crippen LogP contribution in [0.2, 0.25) is 0 Å². The fourth-order valence-electron chi connectivity index (χ4n) is 1.53. The topological polar surface area (TPSA) is 100.0 Å². The van der Waals surface area contributed by atoms with Crippen molar-refractivity contribution in [2.24, 2.45) is 0 Å². The number of nitrogen functional groups attached to an aromatic ring is 1. The third-order valence-electron chi connectivity index (χ3n) is 2.49. The molecule has 0 spiro atoms. The van der Waals surface area contributed by atoms with Crippen molar-refractivity contribution in [3.8, 4) is 23.2 Å². The molecule has 0 aliphatic rings. The lowest BCUT2D eigenvalue weighted by atomic mass is 10.3. The van der Waals surface area contributed by atoms with E-state index < -0.39 is 11.6 Å². The van der Waals surface area contributed by atoms with Gasteiger partial charge >= 0.3 is 0 Å². The van der Waals surface area contributed by atoms with Crippen molar-refractivity contribution in [2.45, 2.75) is 0 Å². The van der Waals surface area contributed by atoms with Crippen LogP contribution in [-0.2, 0) is 0 Å². The third-order valence-corrected chi connectivity index (χ3v) is 2.49. The van der Waals surface area contributed by atoms with Crippen LogP contribution in [0.4, 0.5) is 14.5 Å². The molecule has 2 N–H and O–H groups in total. The zero-order valence-corrected chi connectivity index (χ0v) is 10.3. The van der Waals surface area contributed by atoms with Crippen molar-refractivity contribution in [3.63, 3.8) is 0 Å². The van der Waals surface area contributed by atoms with Gasteiger partial charge in [0.1, 0.15) is 17.8 Å². The lowest BCUT2D eigenvalue weighted by Crippen LogP contribution is -1.97. The summed E-state index contributed by atoms with van der Waals surface area (Å²) in [5.74, 6) is -1.86. The van der Waals surface area contributed by atoms with E-state index in [0.29, 0.717) is 11.8 Å². The zero-order chi connectivity index (χ0) is 14.8. The van der Waals surface area contributed by atoms with Gasteiger partial charge < -0.3 is 14.9 Å². The Bertz CT molecular complexity index is 779. The number of nitrogens with zero attached hydrogens (tertiary/aromatic N) is 4. The van der Waals surface area contributed by atoms with Crippen LogP contribution in [0, 0.1) is 11.6 Å². The average molecular weight is 291 g/mol. The molecule has 7 nitrogen and oxygen atoms in total. The van der Waals surface area contributed by atoms with Crippen molar-refractivity contribution in [3.05, 3.63) is 42.6 Å². The molecular weight excluding hydrogens is 284 g/mol. The number of benzene rings is 1. The van der Waals surface area contributed by atoms with Crippen LogP contribution in [0.25, 0.3) is 11.6 Å². The lowest BCUT2D eigenvalue weighted by Gasteiger charge is -2.07. The van der Waals surface area contributed by atoms with Crippen molar-refractivity contribution in [2.75, 3.05) is 5.73 Å². The summed E-state index contributed by atoms with van der Waals surface area (Å²) in [7, 11) is 0. The van der Waals surface area contributed by atoms with Gasteiger partial charge in [-0.2, -0.15) is 0 Å². The Hall–Kier alpha value is -3.10. The average Bonchev–Trinajstić information content (AvgIpc) is 2.99. The molecule has 0 aliphatic heterocycles. The second kappa shape index (κ2) is 5.12. The molecule has 0 aliphatic carbocycles. The molecular formula is C12H7F2N5O2. The highest BCUT2D eigenvalue weighted by Crippen LogP contribution is 2.28. The van der Waals surface area contributed by atoms with Gasteiger partial charge in [0.25, 0.3) is 5.89 Å². The molecule has 0 radical (unpaired) electrons. The van der Waals surface area contributed by atoms with Gasteiger partial charge in [0.05, 0.1) is 5.69 Å². The molecule has 9 heteroatoms. The van der Waals surface area contributed by atoms with Crippen molar-refractivity contribution in [1.29, 1.82) is 0 Å². The van der Waals surface area contributed by atoms with Crippen LogP contribution in [0.5, 0.6) is 11.6 Å². The highest BCUT2D eigenvalue weighted by molar-refractivity contribution is 5.49. The summed E-state index contributed by atoms with van der Waals surface area (Å²) >= 11 is 0. The van der Waals surface area contributed by atoms with Gasteiger partial charge in [0.15, 0.2) is 11.6 Å². The predicted octanol–water partition coefficient (Wildman–Crippen LogP) is 2.18. The van der Waals surface area contributed by atoms with Gasteiger partial charge in [0, 0.05) is 18.2 Å². The highest BCUT2D eigenvalue weighted by Gasteiger charge is 2.12. The fourth-order valence-corrected chi connectivity index (χ4v) is 1.53. The summed E-state index contributed by atoms with van der Waals surface area (Å²) in [5, 5.41) is 7.18. The second-order valence-corrected chi connectivity index (χ2v) is 3.89. The SMILES string of the molecule is Nc1cc(Oc2cc(-c3nnco3)ncn2)c(F)cc1F. The number of nitrogens with two attached hydrogens (primary N) is 1. The van der Waals surface area contributed by atoms with Gasteiger partial charge in [-0.25, -0.2) is 18.7 Å². The first-order chi connectivity index (χ1) is 10.1. The van der Waals surface area contributed by atoms with E-state index in [4.69, 9.17) is 14.9 Å². The Morgan fingerprint density at radius 2 is 1.95 bits per heavy atom. The molecule has 3 aromatic rings. The van der Waals surface area contributed by atoms with Crippen LogP contribution >= 0.6 is 0 Å². The van der Waals surface area contributed by atoms with Gasteiger partial charge in [0.2, 0.25) is 12.3 Å². The minimum atomic E-state index is -0.903. The van der Waals surface area contributed by atoms with Crippen LogP contribution < -0.4 is 10.5 Å². The summed E-state index contributed by atoms with van der Waals surface area (Å²) in [6, 6.07) is 3.02. The molecule has 0 saturated carbocycles. The molecule has 21 heavy (non-hydrogen) atoms. The Morgan fingerprint density at radius 3 is 2.71 bits per heavy atom. The van der Waals surface area contributed by atoms with Gasteiger partial charge in [-0.15, -0.1) is 10.2 Å². The Morgan fingerprint density at radius 1 is 1.10 bits per heavy atom. The standard InChI is InChI=1S/C12H7F2N5O2/c13-6-1-7(14)10(2-8(6)15)21-11-3-9(16-4-17-11)12-19-18-5-20-12/h1-5H,15H2. The van der Waals surface area contributed by atoms with E-state index in [1.807, 2.05) is 0 Å². The van der Waals surface area contributed by atoms with Gasteiger partial charge in [-0.3, -0.25) is 0 Å². The number of halogens is 2. The van der Waals surface area contributed by atoms with Crippen LogP contribution in [0.15, 0.2) is 35.3 Å². The summed E-state index contributed by atoms with van der Waals surface area (Å²) in [4.78, 5) is 7.73. The van der Waals surface area contributed by atoms with E-state index in [1.54, 1.807) is 0 Å². The normalized spacial score (nSPS) is 10.6. The summed E-state index contributed by atoms with van der Waals surface area (Å²) < 4.78 is 36.9. The molecule has 0 fully saturated rings. The molecule has 3 rings (SSSR count). The zero-order valence-electron chi connectivity index (χ0n) is 10.3. The van der Waals surface area contributed by atoms with E-state index in [-0.39, 0.29) is 23.2 Å². The summed E-state index contributed by atoms with van der Waals surface area (Å²) in [6.07, 6.45) is 2.32. The van der Waals surface area contributed by atoms with E-state index in [0.717, 1.165) is 12.5 Å². The quantitative estimate of drug-likeness (QED) is 0.738. The number of hydrogen-bond acceptors (Lipinski definition) is 7. The molecule has 0 amide bonds. The van der Waals surface area contributed by atoms with E-state index in [2.05, 4.69) is 20.2 Å². The lowest BCUT2D eigenvalue weighted by molar-refractivity contribution is 0.423. The maximum Gasteiger partial charge on any atom is 0.266 e. The molecule has 2 aromatic heterocycles. The summed E-state index contributed by atoms with van der Waals surface area (Å²) in [6.45, 7) is 0. The van der Waals surface area contributed by atoms with Crippen LogP contribution in [0.1, 0.15) is 0 Å². The minimum absolute atomic E-state index is 0.0168. The smallest absolute Gasteiger partial charge is 0.266 e. The van der Waals surface area contributed by atoms with Crippen molar-refractivity contribution >= 4 is 5.69 Å². The van der Waals surface area contributed by atoms with Crippen molar-refractivity contribution in [1.82, 2.24) is 20.2 Å². The number of rotatable bonds is 3. The number of hydrogen-bond donors (Lipinski definition) is 1. The Labute approximate surface area is 116 Å². The molecule has 0 saturated heterocycles. The maximum atomic E-state index is 13.6. The van der Waals surface area contributed by atoms with Crippen LogP contribution in [0.3, 0.4) is 0 Å². The van der Waals surface area contributed by atoms with E-state index in [1.165, 1.54) is 12.4 Å². The first-order valence-corrected chi connectivity index (χ1v) is 5.64. The fraction of sp³-hybridized carbons (Fsp3) is 0. The molecule has 1 aromatic carbocycles. The molecule has 0 bridgehead atoms. The highest BCUT2D eigenvalue weighted by atomic mass is 19.1. The van der Waals surface area contributed by atoms with Crippen molar-refractivity contribution < 1.29 is 17.9 Å². The number of aromatic nitrogens is 4. The first-order valence-electron chi connectivity index (χ1n) is 5.64. The summed E-state index contributed by atoms with van der Waals surface area (Å²) in [5.41, 5.74) is 5.42. The minimum Gasteiger partial charge on any atom is -0.436 e. The maximum absolute atomic E-state index is 13.6. The van der Waals surface area contributed by atoms with E-state index in [9.17, 15) is 8.78 Å². The van der Waals surface area contributed by atoms with E-state index >= 15 is 0 Å². The molecule has 106 valence electrons. The number of anilines is 1. The monoisotopic (exact) mass is 291 g/mol. The third kappa shape index (κ3) is 2.61. The van der Waals surface area contributed by atoms with Crippen LogP contribution in [-0.4, -0.2) is 20.2 Å². The first kappa shape index (κ1) is 12.9. The molecule has 2 heterocycles. The Balaban J connectivity index is 1.92. The second-order valence-electron chi connectivity index (χ2n) is 3.89.